The van der Waals surface area contributed by atoms with Gasteiger partial charge in [0.25, 0.3) is 5.91 Å². The van der Waals surface area contributed by atoms with Crippen LogP contribution >= 0.6 is 0 Å². The fraction of sp³-hybridized carbons (Fsp3) is 0.133. The van der Waals surface area contributed by atoms with Gasteiger partial charge in [-0.3, -0.25) is 19.8 Å². The monoisotopic (exact) mass is 512 g/mol. The number of pyridine rings is 2. The molecule has 6 nitrogen and oxygen atoms in total. The predicted octanol–water partition coefficient (Wildman–Crippen LogP) is 6.56. The second-order valence-electron chi connectivity index (χ2n) is 8.43. The molecule has 2 aromatic heterocycles. The summed E-state index contributed by atoms with van der Waals surface area (Å²) in [7, 11) is 1.71. The highest BCUT2D eigenvalue weighted by Crippen LogP contribution is 2.30. The Labute approximate surface area is 219 Å². The Morgan fingerprint density at radius 3 is 2.53 bits per heavy atom. The van der Waals surface area contributed by atoms with E-state index in [1.54, 1.807) is 56.8 Å². The minimum Gasteiger partial charge on any atom is -0.457 e. The van der Waals surface area contributed by atoms with Crippen LogP contribution in [0.4, 0.5) is 8.78 Å². The van der Waals surface area contributed by atoms with Crippen LogP contribution in [0.5, 0.6) is 11.5 Å². The number of hydrogen-bond acceptors (Lipinski definition) is 5. The first-order valence-electron chi connectivity index (χ1n) is 11.9. The number of rotatable bonds is 8. The minimum atomic E-state index is -0.697. The first-order chi connectivity index (χ1) is 18.4. The average Bonchev–Trinajstić information content (AvgIpc) is 2.91. The first kappa shape index (κ1) is 26.3. The zero-order chi connectivity index (χ0) is 27.1. The maximum atomic E-state index is 13.5. The normalized spacial score (nSPS) is 11.6. The van der Waals surface area contributed by atoms with Crippen molar-refractivity contribution in [3.8, 4) is 22.8 Å². The van der Waals surface area contributed by atoms with E-state index in [1.807, 2.05) is 31.2 Å². The van der Waals surface area contributed by atoms with Crippen LogP contribution in [-0.2, 0) is 6.54 Å². The van der Waals surface area contributed by atoms with Gasteiger partial charge in [0.05, 0.1) is 11.4 Å². The number of allylic oxidation sites excluding steroid dienone is 2. The number of benzene rings is 2. The van der Waals surface area contributed by atoms with Crippen LogP contribution in [0.2, 0.25) is 0 Å². The van der Waals surface area contributed by atoms with Crippen molar-refractivity contribution in [1.82, 2.24) is 15.3 Å². The second-order valence-corrected chi connectivity index (χ2v) is 8.43. The van der Waals surface area contributed by atoms with E-state index in [2.05, 4.69) is 20.3 Å². The maximum absolute atomic E-state index is 13.5. The van der Waals surface area contributed by atoms with E-state index < -0.39 is 11.6 Å². The number of amides is 1. The van der Waals surface area contributed by atoms with Gasteiger partial charge in [-0.1, -0.05) is 12.1 Å². The molecule has 38 heavy (non-hydrogen) atoms. The van der Waals surface area contributed by atoms with E-state index in [4.69, 9.17) is 4.74 Å². The molecule has 1 N–H and O–H groups in total. The number of carbonyl (C=O) groups excluding carboxylic acids is 1. The Balaban J connectivity index is 1.53. The van der Waals surface area contributed by atoms with Crippen molar-refractivity contribution >= 4 is 17.7 Å². The SMILES string of the molecule is C/C=C(\C=NC)c1cc(-c2cc(Oc3cccc(C(=O)NCc4cc(F)cc(F)c4)c3C)ccn2)ccn1. The topological polar surface area (TPSA) is 76.5 Å². The van der Waals surface area contributed by atoms with Gasteiger partial charge < -0.3 is 10.1 Å². The van der Waals surface area contributed by atoms with Crippen LogP contribution in [0.1, 0.15) is 34.1 Å². The highest BCUT2D eigenvalue weighted by molar-refractivity contribution is 6.09. The van der Waals surface area contributed by atoms with Gasteiger partial charge in [-0.25, -0.2) is 8.78 Å². The van der Waals surface area contributed by atoms with Crippen molar-refractivity contribution in [1.29, 1.82) is 0 Å². The molecule has 0 spiro atoms. The standard InChI is InChI=1S/C30H26F2N4O2/c1-4-21(18-33-3)27-14-22(8-10-34-27)28-16-25(9-11-35-28)38-29-7-5-6-26(19(29)2)30(37)36-17-20-12-23(31)15-24(32)13-20/h4-16,18H,17H2,1-3H3,(H,36,37)/b21-4+,33-18?. The number of nitrogens with one attached hydrogen (secondary N) is 1. The zero-order valence-electron chi connectivity index (χ0n) is 21.2. The number of hydrogen-bond donors (Lipinski definition) is 1. The summed E-state index contributed by atoms with van der Waals surface area (Å²) in [5, 5.41) is 2.70. The summed E-state index contributed by atoms with van der Waals surface area (Å²) < 4.78 is 33.0. The van der Waals surface area contributed by atoms with Crippen molar-refractivity contribution in [2.75, 3.05) is 7.05 Å². The van der Waals surface area contributed by atoms with Crippen LogP contribution < -0.4 is 10.1 Å². The van der Waals surface area contributed by atoms with E-state index in [9.17, 15) is 13.6 Å². The van der Waals surface area contributed by atoms with Crippen molar-refractivity contribution in [2.24, 2.45) is 4.99 Å². The molecule has 0 aliphatic rings. The molecule has 4 aromatic rings. The highest BCUT2D eigenvalue weighted by atomic mass is 19.1. The van der Waals surface area contributed by atoms with Crippen molar-refractivity contribution in [3.63, 3.8) is 0 Å². The van der Waals surface area contributed by atoms with Gasteiger partial charge in [-0.05, 0) is 61.9 Å². The van der Waals surface area contributed by atoms with Crippen LogP contribution in [0.25, 0.3) is 16.8 Å². The molecule has 4 rings (SSSR count). The van der Waals surface area contributed by atoms with Gasteiger partial charge in [0.1, 0.15) is 23.1 Å². The van der Waals surface area contributed by atoms with E-state index in [1.165, 1.54) is 12.1 Å². The highest BCUT2D eigenvalue weighted by Gasteiger charge is 2.14. The number of carbonyl (C=O) groups is 1. The molecule has 8 heteroatoms. The van der Waals surface area contributed by atoms with Gasteiger partial charge in [0.15, 0.2) is 0 Å². The molecule has 0 bridgehead atoms. The van der Waals surface area contributed by atoms with Crippen LogP contribution in [0.15, 0.2) is 84.1 Å². The molecule has 0 atom stereocenters. The van der Waals surface area contributed by atoms with Crippen LogP contribution in [-0.4, -0.2) is 29.1 Å². The third kappa shape index (κ3) is 6.34. The molecule has 0 radical (unpaired) electrons. The molecule has 0 saturated heterocycles. The lowest BCUT2D eigenvalue weighted by molar-refractivity contribution is 0.0949. The van der Waals surface area contributed by atoms with E-state index in [-0.39, 0.29) is 12.5 Å². The molecule has 0 unspecified atom stereocenters. The number of halogens is 2. The Morgan fingerprint density at radius 1 is 1.03 bits per heavy atom. The molecule has 1 amide bonds. The summed E-state index contributed by atoms with van der Waals surface area (Å²) >= 11 is 0. The van der Waals surface area contributed by atoms with E-state index >= 15 is 0 Å². The molecule has 0 fully saturated rings. The third-order valence-electron chi connectivity index (χ3n) is 5.79. The third-order valence-corrected chi connectivity index (χ3v) is 5.79. The second kappa shape index (κ2) is 12.0. The molecule has 2 heterocycles. The van der Waals surface area contributed by atoms with Crippen molar-refractivity contribution in [3.05, 3.63) is 113 Å². The predicted molar refractivity (Wildman–Crippen MR) is 144 cm³/mol. The molecular formula is C30H26F2N4O2. The Bertz CT molecular complexity index is 1510. The lowest BCUT2D eigenvalue weighted by atomic mass is 10.1. The molecule has 192 valence electrons. The number of ether oxygens (including phenoxy) is 1. The summed E-state index contributed by atoms with van der Waals surface area (Å²) in [4.78, 5) is 25.8. The molecule has 0 saturated carbocycles. The number of aliphatic imine (C=N–C) groups is 1. The van der Waals surface area contributed by atoms with Crippen molar-refractivity contribution < 1.29 is 18.3 Å². The molecule has 0 aliphatic carbocycles. The smallest absolute Gasteiger partial charge is 0.251 e. The lowest BCUT2D eigenvalue weighted by Crippen LogP contribution is -2.23. The Hall–Kier alpha value is -4.72. The zero-order valence-corrected chi connectivity index (χ0v) is 21.2. The summed E-state index contributed by atoms with van der Waals surface area (Å²) in [5.41, 5.74) is 4.58. The first-order valence-corrected chi connectivity index (χ1v) is 11.9. The molecular weight excluding hydrogens is 486 g/mol. The number of nitrogens with zero attached hydrogens (tertiary/aromatic N) is 3. The molecule has 2 aromatic carbocycles. The summed E-state index contributed by atoms with van der Waals surface area (Å²) in [5.74, 6) is -0.731. The summed E-state index contributed by atoms with van der Waals surface area (Å²) in [6.07, 6.45) is 7.06. The van der Waals surface area contributed by atoms with Gasteiger partial charge in [-0.2, -0.15) is 0 Å². The van der Waals surface area contributed by atoms with Crippen LogP contribution in [0.3, 0.4) is 0 Å². The van der Waals surface area contributed by atoms with Gasteiger partial charge in [-0.15, -0.1) is 0 Å². The average molecular weight is 513 g/mol. The molecule has 0 aliphatic heterocycles. The number of aromatic nitrogens is 2. The van der Waals surface area contributed by atoms with Gasteiger partial charge in [0, 0.05) is 66.6 Å². The minimum absolute atomic E-state index is 0.0152. The fourth-order valence-corrected chi connectivity index (χ4v) is 3.90. The summed E-state index contributed by atoms with van der Waals surface area (Å²) in [6, 6.07) is 15.6. The van der Waals surface area contributed by atoms with E-state index in [0.29, 0.717) is 33.9 Å². The Morgan fingerprint density at radius 2 is 1.79 bits per heavy atom. The van der Waals surface area contributed by atoms with Gasteiger partial charge in [0.2, 0.25) is 0 Å². The Kier molecular flexibility index (Phi) is 8.33. The maximum Gasteiger partial charge on any atom is 0.251 e. The van der Waals surface area contributed by atoms with Crippen LogP contribution in [0, 0.1) is 18.6 Å². The van der Waals surface area contributed by atoms with Crippen molar-refractivity contribution in [2.45, 2.75) is 20.4 Å². The lowest BCUT2D eigenvalue weighted by Gasteiger charge is -2.13. The van der Waals surface area contributed by atoms with Gasteiger partial charge >= 0.3 is 0 Å². The quantitative estimate of drug-likeness (QED) is 0.272. The summed E-state index contributed by atoms with van der Waals surface area (Å²) in [6.45, 7) is 3.69. The van der Waals surface area contributed by atoms with E-state index in [0.717, 1.165) is 22.9 Å². The largest absolute Gasteiger partial charge is 0.457 e. The fourth-order valence-electron chi connectivity index (χ4n) is 3.90.